The molecule has 1 saturated carbocycles. The Balaban J connectivity index is 1.26. The number of amides is 2. The van der Waals surface area contributed by atoms with Gasteiger partial charge in [-0.15, -0.1) is 5.10 Å². The number of hydrogen-bond donors (Lipinski definition) is 0. The Morgan fingerprint density at radius 3 is 2.42 bits per heavy atom. The Hall–Kier alpha value is -4.15. The number of tetrazole rings is 1. The fourth-order valence-corrected chi connectivity index (χ4v) is 5.52. The van der Waals surface area contributed by atoms with Crippen molar-refractivity contribution in [3.05, 3.63) is 47.3 Å². The number of nitrogens with zero attached hydrogens (tertiary/aromatic N) is 5. The smallest absolute Gasteiger partial charge is 0.265 e. The highest BCUT2D eigenvalue weighted by Gasteiger charge is 2.32. The fraction of sp³-hybridized carbons (Fsp3) is 0.483. The first kappa shape index (κ1) is 27.4. The maximum atomic E-state index is 13.6. The molecule has 0 bridgehead atoms. The van der Waals surface area contributed by atoms with Crippen LogP contribution in [0.5, 0.6) is 23.0 Å². The summed E-state index contributed by atoms with van der Waals surface area (Å²) in [6, 6.07) is 8.96. The summed E-state index contributed by atoms with van der Waals surface area (Å²) in [5, 5.41) is 12.4. The average molecular weight is 550 g/mol. The second-order valence-corrected chi connectivity index (χ2v) is 10.0. The number of imide groups is 1. The van der Waals surface area contributed by atoms with E-state index in [1.165, 1.54) is 45.5 Å². The minimum absolute atomic E-state index is 0.219. The van der Waals surface area contributed by atoms with Gasteiger partial charge in [-0.1, -0.05) is 19.3 Å². The van der Waals surface area contributed by atoms with Crippen LogP contribution in [0.2, 0.25) is 0 Å². The van der Waals surface area contributed by atoms with Crippen molar-refractivity contribution in [2.75, 3.05) is 32.8 Å². The number of ether oxygens (including phenoxy) is 4. The Morgan fingerprint density at radius 1 is 0.975 bits per heavy atom. The number of aryl methyl sites for hydroxylation is 2. The zero-order chi connectivity index (χ0) is 28.1. The largest absolute Gasteiger partial charge is 0.494 e. The molecule has 0 spiro atoms. The van der Waals surface area contributed by atoms with Crippen LogP contribution in [0.4, 0.5) is 5.69 Å². The van der Waals surface area contributed by atoms with Crippen molar-refractivity contribution >= 4 is 17.5 Å². The molecule has 2 aliphatic rings. The Kier molecular flexibility index (Phi) is 8.47. The second kappa shape index (κ2) is 12.4. The average Bonchev–Trinajstić information content (AvgIpc) is 3.47. The molecule has 0 saturated heterocycles. The summed E-state index contributed by atoms with van der Waals surface area (Å²) in [5.41, 5.74) is 1.68. The molecule has 1 aliphatic heterocycles. The van der Waals surface area contributed by atoms with E-state index in [2.05, 4.69) is 15.5 Å². The van der Waals surface area contributed by atoms with Crippen LogP contribution in [0.1, 0.15) is 72.7 Å². The van der Waals surface area contributed by atoms with E-state index in [9.17, 15) is 9.59 Å². The van der Waals surface area contributed by atoms with E-state index in [0.29, 0.717) is 47.8 Å². The lowest BCUT2D eigenvalue weighted by atomic mass is 9.95. The minimum atomic E-state index is -0.463. The number of carbonyl (C=O) groups is 2. The van der Waals surface area contributed by atoms with E-state index in [1.54, 1.807) is 24.3 Å². The topological polar surface area (TPSA) is 118 Å². The van der Waals surface area contributed by atoms with E-state index in [4.69, 9.17) is 18.9 Å². The second-order valence-electron chi connectivity index (χ2n) is 10.0. The maximum absolute atomic E-state index is 13.6. The molecule has 2 heterocycles. The molecule has 0 atom stereocenters. The monoisotopic (exact) mass is 549 g/mol. The van der Waals surface area contributed by atoms with Crippen LogP contribution < -0.4 is 23.8 Å². The number of benzene rings is 2. The summed E-state index contributed by atoms with van der Waals surface area (Å²) in [4.78, 5) is 27.7. The van der Waals surface area contributed by atoms with Gasteiger partial charge in [0.1, 0.15) is 5.75 Å². The Labute approximate surface area is 233 Å². The molecule has 0 unspecified atom stereocenters. The van der Waals surface area contributed by atoms with E-state index in [1.807, 2.05) is 10.7 Å². The lowest BCUT2D eigenvalue weighted by Crippen LogP contribution is -2.40. The molecule has 2 aromatic carbocycles. The summed E-state index contributed by atoms with van der Waals surface area (Å²) < 4.78 is 24.2. The maximum Gasteiger partial charge on any atom is 0.265 e. The third-order valence-corrected chi connectivity index (χ3v) is 7.56. The van der Waals surface area contributed by atoms with Crippen LogP contribution in [0, 0.1) is 0 Å². The first-order valence-corrected chi connectivity index (χ1v) is 13.7. The zero-order valence-corrected chi connectivity index (χ0v) is 23.2. The minimum Gasteiger partial charge on any atom is -0.494 e. The third-order valence-electron chi connectivity index (χ3n) is 7.56. The summed E-state index contributed by atoms with van der Waals surface area (Å²) in [7, 11) is 4.45. The van der Waals surface area contributed by atoms with E-state index in [-0.39, 0.29) is 17.9 Å². The highest BCUT2D eigenvalue weighted by Crippen LogP contribution is 2.40. The molecule has 2 amide bonds. The van der Waals surface area contributed by atoms with Gasteiger partial charge in [0.25, 0.3) is 5.91 Å². The van der Waals surface area contributed by atoms with Crippen LogP contribution in [0.3, 0.4) is 0 Å². The van der Waals surface area contributed by atoms with Gasteiger partial charge in [0, 0.05) is 18.4 Å². The van der Waals surface area contributed by atoms with Crippen LogP contribution >= 0.6 is 0 Å². The fourth-order valence-electron chi connectivity index (χ4n) is 5.52. The molecule has 11 nitrogen and oxygen atoms in total. The SMILES string of the molecule is COc1cc(C(=O)N2C(=O)CCc3cc(OCCCc4nnnn4C4CCCCC4)ccc32)cc(OC)c1OC. The molecule has 0 radical (unpaired) electrons. The Morgan fingerprint density at radius 2 is 1.73 bits per heavy atom. The van der Waals surface area contributed by atoms with Crippen LogP contribution in [-0.4, -0.2) is 60.0 Å². The molecule has 11 heteroatoms. The molecule has 1 aliphatic carbocycles. The van der Waals surface area contributed by atoms with Gasteiger partial charge in [0.05, 0.1) is 39.7 Å². The molecule has 3 aromatic rings. The highest BCUT2D eigenvalue weighted by molar-refractivity contribution is 6.22. The first-order valence-electron chi connectivity index (χ1n) is 13.7. The molecule has 40 heavy (non-hydrogen) atoms. The normalized spacial score (nSPS) is 15.5. The standard InChI is InChI=1S/C29H35N5O6/c1-37-24-17-20(18-25(38-2)28(24)39-3)29(36)33-23-13-12-22(16-19(23)11-14-27(33)35)40-15-7-10-26-30-31-32-34(26)21-8-5-4-6-9-21/h12-13,16-18,21H,4-11,14-15H2,1-3H3. The van der Waals surface area contributed by atoms with Gasteiger partial charge in [-0.3, -0.25) is 9.59 Å². The van der Waals surface area contributed by atoms with Crippen molar-refractivity contribution in [1.29, 1.82) is 0 Å². The van der Waals surface area contributed by atoms with Crippen LogP contribution in [0.15, 0.2) is 30.3 Å². The number of methoxy groups -OCH3 is 3. The summed E-state index contributed by atoms with van der Waals surface area (Å²) in [5.74, 6) is 1.92. The van der Waals surface area contributed by atoms with Crippen molar-refractivity contribution in [1.82, 2.24) is 20.2 Å². The number of carbonyl (C=O) groups excluding carboxylic acids is 2. The number of hydrogen-bond acceptors (Lipinski definition) is 9. The molecule has 212 valence electrons. The van der Waals surface area contributed by atoms with Gasteiger partial charge in [-0.05, 0) is 72.0 Å². The lowest BCUT2D eigenvalue weighted by molar-refractivity contribution is -0.118. The van der Waals surface area contributed by atoms with Gasteiger partial charge in [-0.25, -0.2) is 9.58 Å². The lowest BCUT2D eigenvalue weighted by Gasteiger charge is -2.28. The van der Waals surface area contributed by atoms with Gasteiger partial charge in [0.15, 0.2) is 17.3 Å². The molecular weight excluding hydrogens is 514 g/mol. The highest BCUT2D eigenvalue weighted by atomic mass is 16.5. The van der Waals surface area contributed by atoms with Gasteiger partial charge >= 0.3 is 0 Å². The van der Waals surface area contributed by atoms with Crippen LogP contribution in [0.25, 0.3) is 0 Å². The van der Waals surface area contributed by atoms with Gasteiger partial charge < -0.3 is 18.9 Å². The van der Waals surface area contributed by atoms with Gasteiger partial charge in [0.2, 0.25) is 11.7 Å². The predicted molar refractivity (Wildman–Crippen MR) is 146 cm³/mol. The quantitative estimate of drug-likeness (QED) is 0.269. The summed E-state index contributed by atoms with van der Waals surface area (Å²) in [6.07, 6.45) is 8.25. The van der Waals surface area contributed by atoms with Crippen molar-refractivity contribution in [3.63, 3.8) is 0 Å². The van der Waals surface area contributed by atoms with E-state index in [0.717, 1.165) is 37.1 Å². The van der Waals surface area contributed by atoms with Crippen molar-refractivity contribution < 1.29 is 28.5 Å². The summed E-state index contributed by atoms with van der Waals surface area (Å²) >= 11 is 0. The molecule has 1 aromatic heterocycles. The number of fused-ring (bicyclic) bond motifs is 1. The zero-order valence-electron chi connectivity index (χ0n) is 23.2. The van der Waals surface area contributed by atoms with Crippen molar-refractivity contribution in [2.45, 2.75) is 63.8 Å². The predicted octanol–water partition coefficient (Wildman–Crippen LogP) is 4.34. The number of aromatic nitrogens is 4. The van der Waals surface area contributed by atoms with Crippen molar-refractivity contribution in [2.24, 2.45) is 0 Å². The van der Waals surface area contributed by atoms with Crippen molar-refractivity contribution in [3.8, 4) is 23.0 Å². The molecular formula is C29H35N5O6. The first-order chi connectivity index (χ1) is 19.5. The van der Waals surface area contributed by atoms with E-state index < -0.39 is 5.91 Å². The van der Waals surface area contributed by atoms with E-state index >= 15 is 0 Å². The Bertz CT molecular complexity index is 1340. The molecule has 0 N–H and O–H groups in total. The van der Waals surface area contributed by atoms with Gasteiger partial charge in [-0.2, -0.15) is 0 Å². The number of anilines is 1. The number of rotatable bonds is 10. The summed E-state index contributed by atoms with van der Waals surface area (Å²) in [6.45, 7) is 0.503. The molecule has 1 fully saturated rings. The molecule has 5 rings (SSSR count). The third kappa shape index (κ3) is 5.59. The van der Waals surface area contributed by atoms with Crippen LogP contribution in [-0.2, 0) is 17.6 Å².